The van der Waals surface area contributed by atoms with Gasteiger partial charge in [0.25, 0.3) is 0 Å². The number of anilines is 1. The lowest BCUT2D eigenvalue weighted by Crippen LogP contribution is -2.36. The molecule has 1 N–H and O–H groups in total. The first-order chi connectivity index (χ1) is 8.11. The van der Waals surface area contributed by atoms with Gasteiger partial charge in [-0.2, -0.15) is 4.39 Å². The minimum atomic E-state index is -1.24. The molecule has 7 heteroatoms. The molecule has 1 aromatic rings. The van der Waals surface area contributed by atoms with Gasteiger partial charge in [-0.1, -0.05) is 0 Å². The summed E-state index contributed by atoms with van der Waals surface area (Å²) < 4.78 is 26.5. The molecule has 0 aliphatic heterocycles. The molecule has 0 amide bonds. The molecule has 0 aliphatic carbocycles. The van der Waals surface area contributed by atoms with Gasteiger partial charge in [-0.15, -0.1) is 0 Å². The molecule has 100 valence electrons. The SMILES string of the molecule is CN(CC(C)(C)O)c1cc(F)cc(F)c1[N+](=O)[O-]. The average Bonchev–Trinajstić information content (AvgIpc) is 2.12. The second kappa shape index (κ2) is 4.85. The zero-order valence-corrected chi connectivity index (χ0v) is 10.3. The Morgan fingerprint density at radius 1 is 1.44 bits per heavy atom. The highest BCUT2D eigenvalue weighted by Gasteiger charge is 2.26. The standard InChI is InChI=1S/C11H14F2N2O3/c1-11(2,16)6-14(3)9-5-7(12)4-8(13)10(9)15(17)18/h4-5,16H,6H2,1-3H3. The Balaban J connectivity index is 3.26. The van der Waals surface area contributed by atoms with Crippen molar-refractivity contribution < 1.29 is 18.8 Å². The molecule has 0 aromatic heterocycles. The molecule has 0 heterocycles. The second-order valence-corrected chi connectivity index (χ2v) is 4.68. The lowest BCUT2D eigenvalue weighted by molar-refractivity contribution is -0.386. The topological polar surface area (TPSA) is 66.6 Å². The minimum Gasteiger partial charge on any atom is -0.389 e. The number of benzene rings is 1. The third-order valence-electron chi connectivity index (χ3n) is 2.23. The monoisotopic (exact) mass is 260 g/mol. The van der Waals surface area contributed by atoms with E-state index in [2.05, 4.69) is 0 Å². The van der Waals surface area contributed by atoms with E-state index >= 15 is 0 Å². The lowest BCUT2D eigenvalue weighted by Gasteiger charge is -2.26. The molecular formula is C11H14F2N2O3. The highest BCUT2D eigenvalue weighted by molar-refractivity contribution is 5.63. The molecule has 0 saturated carbocycles. The van der Waals surface area contributed by atoms with Crippen LogP contribution in [-0.4, -0.2) is 29.2 Å². The van der Waals surface area contributed by atoms with Crippen molar-refractivity contribution in [3.05, 3.63) is 33.9 Å². The number of nitro benzene ring substituents is 1. The first-order valence-corrected chi connectivity index (χ1v) is 5.19. The Labute approximate surface area is 103 Å². The summed E-state index contributed by atoms with van der Waals surface area (Å²) >= 11 is 0. The van der Waals surface area contributed by atoms with Crippen LogP contribution in [0, 0.1) is 21.7 Å². The van der Waals surface area contributed by atoms with Gasteiger partial charge >= 0.3 is 5.69 Å². The number of aliphatic hydroxyl groups is 1. The normalized spacial score (nSPS) is 11.4. The maximum absolute atomic E-state index is 13.4. The fraction of sp³-hybridized carbons (Fsp3) is 0.455. The van der Waals surface area contributed by atoms with Crippen molar-refractivity contribution in [3.63, 3.8) is 0 Å². The molecule has 0 spiro atoms. The summed E-state index contributed by atoms with van der Waals surface area (Å²) in [5.41, 5.74) is -2.16. The maximum atomic E-state index is 13.4. The number of nitro groups is 1. The number of nitrogens with zero attached hydrogens (tertiary/aromatic N) is 2. The molecular weight excluding hydrogens is 246 g/mol. The number of likely N-dealkylation sites (N-methyl/N-ethyl adjacent to an activating group) is 1. The Bertz CT molecular complexity index is 472. The molecule has 1 rings (SSSR count). The zero-order valence-electron chi connectivity index (χ0n) is 10.3. The number of hydrogen-bond donors (Lipinski definition) is 1. The molecule has 5 nitrogen and oxygen atoms in total. The van der Waals surface area contributed by atoms with Crippen LogP contribution >= 0.6 is 0 Å². The third-order valence-corrected chi connectivity index (χ3v) is 2.23. The van der Waals surface area contributed by atoms with Crippen LogP contribution in [0.4, 0.5) is 20.2 Å². The first-order valence-electron chi connectivity index (χ1n) is 5.19. The van der Waals surface area contributed by atoms with E-state index in [-0.39, 0.29) is 12.2 Å². The molecule has 0 aliphatic rings. The highest BCUT2D eigenvalue weighted by Crippen LogP contribution is 2.31. The summed E-state index contributed by atoms with van der Waals surface area (Å²) in [4.78, 5) is 11.1. The summed E-state index contributed by atoms with van der Waals surface area (Å²) in [5, 5.41) is 20.4. The first kappa shape index (κ1) is 14.3. The fourth-order valence-electron chi connectivity index (χ4n) is 1.69. The van der Waals surface area contributed by atoms with Crippen LogP contribution in [-0.2, 0) is 0 Å². The highest BCUT2D eigenvalue weighted by atomic mass is 19.1. The van der Waals surface area contributed by atoms with E-state index in [1.807, 2.05) is 0 Å². The molecule has 0 fully saturated rings. The molecule has 1 aromatic carbocycles. The van der Waals surface area contributed by atoms with Gasteiger partial charge in [0.1, 0.15) is 11.5 Å². The Morgan fingerprint density at radius 3 is 2.44 bits per heavy atom. The van der Waals surface area contributed by atoms with Crippen molar-refractivity contribution in [1.82, 2.24) is 0 Å². The van der Waals surface area contributed by atoms with Crippen LogP contribution in [0.1, 0.15) is 13.8 Å². The van der Waals surface area contributed by atoms with Crippen LogP contribution in [0.3, 0.4) is 0 Å². The van der Waals surface area contributed by atoms with E-state index in [1.165, 1.54) is 25.8 Å². The third kappa shape index (κ3) is 3.36. The molecule has 0 atom stereocenters. The van der Waals surface area contributed by atoms with Gasteiger partial charge in [-0.25, -0.2) is 4.39 Å². The van der Waals surface area contributed by atoms with E-state index in [0.29, 0.717) is 6.07 Å². The van der Waals surface area contributed by atoms with E-state index < -0.39 is 27.8 Å². The van der Waals surface area contributed by atoms with Crippen molar-refractivity contribution in [2.24, 2.45) is 0 Å². The van der Waals surface area contributed by atoms with Crippen LogP contribution < -0.4 is 4.90 Å². The maximum Gasteiger partial charge on any atom is 0.328 e. The summed E-state index contributed by atoms with van der Waals surface area (Å²) in [7, 11) is 1.42. The molecule has 0 bridgehead atoms. The van der Waals surface area contributed by atoms with E-state index in [1.54, 1.807) is 0 Å². The number of halogens is 2. The van der Waals surface area contributed by atoms with Crippen molar-refractivity contribution >= 4 is 11.4 Å². The average molecular weight is 260 g/mol. The van der Waals surface area contributed by atoms with Crippen molar-refractivity contribution in [2.45, 2.75) is 19.4 Å². The molecule has 0 radical (unpaired) electrons. The molecule has 0 saturated heterocycles. The predicted molar refractivity (Wildman–Crippen MR) is 62.6 cm³/mol. The predicted octanol–water partition coefficient (Wildman–Crippen LogP) is 2.08. The smallest absolute Gasteiger partial charge is 0.328 e. The van der Waals surface area contributed by atoms with Crippen LogP contribution in [0.15, 0.2) is 12.1 Å². The molecule has 18 heavy (non-hydrogen) atoms. The van der Waals surface area contributed by atoms with Gasteiger partial charge in [0.2, 0.25) is 5.82 Å². The fourth-order valence-corrected chi connectivity index (χ4v) is 1.69. The van der Waals surface area contributed by atoms with E-state index in [0.717, 1.165) is 6.07 Å². The summed E-state index contributed by atoms with van der Waals surface area (Å²) in [6.45, 7) is 2.98. The van der Waals surface area contributed by atoms with Gasteiger partial charge in [0.15, 0.2) is 0 Å². The van der Waals surface area contributed by atoms with E-state index in [4.69, 9.17) is 0 Å². The van der Waals surface area contributed by atoms with Gasteiger partial charge < -0.3 is 10.0 Å². The van der Waals surface area contributed by atoms with Crippen LogP contribution in [0.2, 0.25) is 0 Å². The van der Waals surface area contributed by atoms with Crippen molar-refractivity contribution in [1.29, 1.82) is 0 Å². The minimum absolute atomic E-state index is 0.00324. The largest absolute Gasteiger partial charge is 0.389 e. The van der Waals surface area contributed by atoms with Crippen molar-refractivity contribution in [3.8, 4) is 0 Å². The summed E-state index contributed by atoms with van der Waals surface area (Å²) in [6.07, 6.45) is 0. The summed E-state index contributed by atoms with van der Waals surface area (Å²) in [6, 6.07) is 1.33. The van der Waals surface area contributed by atoms with Gasteiger partial charge in [0.05, 0.1) is 10.5 Å². The summed E-state index contributed by atoms with van der Waals surface area (Å²) in [5.74, 6) is -2.15. The lowest BCUT2D eigenvalue weighted by atomic mass is 10.1. The zero-order chi connectivity index (χ0) is 14.1. The number of rotatable bonds is 4. The number of hydrogen-bond acceptors (Lipinski definition) is 4. The second-order valence-electron chi connectivity index (χ2n) is 4.68. The van der Waals surface area contributed by atoms with E-state index in [9.17, 15) is 24.0 Å². The Kier molecular flexibility index (Phi) is 3.85. The van der Waals surface area contributed by atoms with Gasteiger partial charge in [0, 0.05) is 25.7 Å². The Morgan fingerprint density at radius 2 is 2.00 bits per heavy atom. The van der Waals surface area contributed by atoms with Gasteiger partial charge in [-0.3, -0.25) is 10.1 Å². The Hall–Kier alpha value is -1.76. The molecule has 0 unspecified atom stereocenters. The van der Waals surface area contributed by atoms with Crippen LogP contribution in [0.5, 0.6) is 0 Å². The quantitative estimate of drug-likeness (QED) is 0.665. The van der Waals surface area contributed by atoms with Gasteiger partial charge in [-0.05, 0) is 13.8 Å². The van der Waals surface area contributed by atoms with Crippen LogP contribution in [0.25, 0.3) is 0 Å². The van der Waals surface area contributed by atoms with Crippen molar-refractivity contribution in [2.75, 3.05) is 18.5 Å².